The average Bonchev–Trinajstić information content (AvgIpc) is 2.35. The molecule has 3 N–H and O–H groups in total. The predicted octanol–water partition coefficient (Wildman–Crippen LogP) is 0.979. The van der Waals surface area contributed by atoms with E-state index in [1.54, 1.807) is 0 Å². The summed E-state index contributed by atoms with van der Waals surface area (Å²) in [4.78, 5) is 14.3. The lowest BCUT2D eigenvalue weighted by Gasteiger charge is -2.38. The molecule has 2 aliphatic rings. The third-order valence-electron chi connectivity index (χ3n) is 4.84. The van der Waals surface area contributed by atoms with Crippen molar-refractivity contribution in [3.63, 3.8) is 0 Å². The van der Waals surface area contributed by atoms with E-state index < -0.39 is 0 Å². The first-order chi connectivity index (χ1) is 8.49. The molecule has 1 aliphatic heterocycles. The average molecular weight is 254 g/mol. The summed E-state index contributed by atoms with van der Waals surface area (Å²) < 4.78 is 0. The topological polar surface area (TPSA) is 66.6 Å². The van der Waals surface area contributed by atoms with Gasteiger partial charge in [0.05, 0.1) is 6.10 Å². The van der Waals surface area contributed by atoms with Crippen molar-refractivity contribution in [2.24, 2.45) is 23.5 Å². The number of amides is 1. The standard InChI is InChI=1S/C14H26N2O2/c1-9-3-4-11(7-12(9)15)14(18)16-6-5-10(2)13(17)8-16/h9-13,17H,3-8,15H2,1-2H3. The summed E-state index contributed by atoms with van der Waals surface area (Å²) in [5.74, 6) is 1.13. The summed E-state index contributed by atoms with van der Waals surface area (Å²) in [5.41, 5.74) is 6.07. The minimum atomic E-state index is -0.362. The molecule has 0 bridgehead atoms. The van der Waals surface area contributed by atoms with Gasteiger partial charge in [0.15, 0.2) is 0 Å². The van der Waals surface area contributed by atoms with Crippen LogP contribution in [0.5, 0.6) is 0 Å². The van der Waals surface area contributed by atoms with Crippen molar-refractivity contribution in [2.75, 3.05) is 13.1 Å². The number of nitrogens with two attached hydrogens (primary N) is 1. The highest BCUT2D eigenvalue weighted by atomic mass is 16.3. The molecule has 0 aromatic heterocycles. The molecule has 1 aliphatic carbocycles. The molecule has 5 unspecified atom stereocenters. The summed E-state index contributed by atoms with van der Waals surface area (Å²) in [5, 5.41) is 9.87. The second-order valence-corrected chi connectivity index (χ2v) is 6.27. The Balaban J connectivity index is 1.91. The van der Waals surface area contributed by atoms with Crippen LogP contribution in [0.3, 0.4) is 0 Å². The Hall–Kier alpha value is -0.610. The van der Waals surface area contributed by atoms with Crippen molar-refractivity contribution in [3.05, 3.63) is 0 Å². The number of hydrogen-bond acceptors (Lipinski definition) is 3. The fourth-order valence-electron chi connectivity index (χ4n) is 3.09. The highest BCUT2D eigenvalue weighted by molar-refractivity contribution is 5.79. The number of aliphatic hydroxyl groups is 1. The Morgan fingerprint density at radius 3 is 2.56 bits per heavy atom. The van der Waals surface area contributed by atoms with Crippen molar-refractivity contribution in [2.45, 2.75) is 51.7 Å². The lowest BCUT2D eigenvalue weighted by Crippen LogP contribution is -2.49. The molecule has 1 saturated heterocycles. The maximum absolute atomic E-state index is 12.4. The zero-order valence-corrected chi connectivity index (χ0v) is 11.5. The first kappa shape index (κ1) is 13.8. The number of rotatable bonds is 1. The van der Waals surface area contributed by atoms with Crippen molar-refractivity contribution in [1.29, 1.82) is 0 Å². The minimum Gasteiger partial charge on any atom is -0.391 e. The third-order valence-corrected chi connectivity index (χ3v) is 4.84. The zero-order chi connectivity index (χ0) is 13.3. The van der Waals surface area contributed by atoms with Crippen LogP contribution in [-0.2, 0) is 4.79 Å². The molecule has 5 atom stereocenters. The number of carbonyl (C=O) groups is 1. The Bertz CT molecular complexity index is 280. The maximum Gasteiger partial charge on any atom is 0.225 e. The van der Waals surface area contributed by atoms with Crippen LogP contribution in [0.25, 0.3) is 0 Å². The van der Waals surface area contributed by atoms with Gasteiger partial charge in [-0.15, -0.1) is 0 Å². The number of β-amino-alcohol motifs (C(OH)–C–C–N with tert-alkyl or cyclic N) is 1. The van der Waals surface area contributed by atoms with E-state index >= 15 is 0 Å². The number of hydrogen-bond donors (Lipinski definition) is 2. The second kappa shape index (κ2) is 5.57. The molecular weight excluding hydrogens is 228 g/mol. The molecule has 0 aromatic carbocycles. The van der Waals surface area contributed by atoms with Crippen LogP contribution >= 0.6 is 0 Å². The van der Waals surface area contributed by atoms with E-state index in [1.807, 2.05) is 11.8 Å². The van der Waals surface area contributed by atoms with E-state index in [2.05, 4.69) is 6.92 Å². The second-order valence-electron chi connectivity index (χ2n) is 6.27. The predicted molar refractivity (Wildman–Crippen MR) is 70.8 cm³/mol. The number of nitrogens with zero attached hydrogens (tertiary/aromatic N) is 1. The van der Waals surface area contributed by atoms with Gasteiger partial charge >= 0.3 is 0 Å². The highest BCUT2D eigenvalue weighted by Crippen LogP contribution is 2.30. The molecule has 2 rings (SSSR count). The van der Waals surface area contributed by atoms with Crippen LogP contribution in [-0.4, -0.2) is 41.1 Å². The Labute approximate surface area is 110 Å². The summed E-state index contributed by atoms with van der Waals surface area (Å²) in [7, 11) is 0. The first-order valence-electron chi connectivity index (χ1n) is 7.21. The van der Waals surface area contributed by atoms with E-state index in [0.29, 0.717) is 18.4 Å². The van der Waals surface area contributed by atoms with E-state index in [-0.39, 0.29) is 24.0 Å². The Morgan fingerprint density at radius 1 is 1.22 bits per heavy atom. The molecule has 104 valence electrons. The molecule has 4 heteroatoms. The molecule has 0 aromatic rings. The van der Waals surface area contributed by atoms with E-state index in [1.165, 1.54) is 0 Å². The van der Waals surface area contributed by atoms with E-state index in [4.69, 9.17) is 5.73 Å². The number of likely N-dealkylation sites (tertiary alicyclic amines) is 1. The Morgan fingerprint density at radius 2 is 1.94 bits per heavy atom. The van der Waals surface area contributed by atoms with Gasteiger partial charge in [0.1, 0.15) is 0 Å². The molecule has 1 amide bonds. The van der Waals surface area contributed by atoms with Crippen LogP contribution in [0, 0.1) is 17.8 Å². The molecule has 4 nitrogen and oxygen atoms in total. The molecule has 0 radical (unpaired) electrons. The fraction of sp³-hybridized carbons (Fsp3) is 0.929. The molecule has 1 heterocycles. The minimum absolute atomic E-state index is 0.0804. The summed E-state index contributed by atoms with van der Waals surface area (Å²) >= 11 is 0. The molecular formula is C14H26N2O2. The smallest absolute Gasteiger partial charge is 0.225 e. The summed E-state index contributed by atoms with van der Waals surface area (Å²) in [6.45, 7) is 5.50. The molecule has 2 fully saturated rings. The lowest BCUT2D eigenvalue weighted by molar-refractivity contribution is -0.141. The van der Waals surface area contributed by atoms with Crippen molar-refractivity contribution in [3.8, 4) is 0 Å². The van der Waals surface area contributed by atoms with Crippen LogP contribution in [0.4, 0.5) is 0 Å². The summed E-state index contributed by atoms with van der Waals surface area (Å²) in [6, 6.07) is 0.154. The van der Waals surface area contributed by atoms with Crippen LogP contribution < -0.4 is 5.73 Å². The van der Waals surface area contributed by atoms with Gasteiger partial charge in [0, 0.05) is 25.0 Å². The number of carbonyl (C=O) groups excluding carboxylic acids is 1. The molecule has 1 saturated carbocycles. The third kappa shape index (κ3) is 2.86. The van der Waals surface area contributed by atoms with Gasteiger partial charge in [-0.1, -0.05) is 13.8 Å². The quantitative estimate of drug-likeness (QED) is 0.733. The largest absolute Gasteiger partial charge is 0.391 e. The maximum atomic E-state index is 12.4. The van der Waals surface area contributed by atoms with Gasteiger partial charge in [-0.2, -0.15) is 0 Å². The van der Waals surface area contributed by atoms with Gasteiger partial charge < -0.3 is 15.7 Å². The zero-order valence-electron chi connectivity index (χ0n) is 11.5. The van der Waals surface area contributed by atoms with Gasteiger partial charge in [-0.25, -0.2) is 0 Å². The molecule has 0 spiro atoms. The SMILES string of the molecule is CC1CCC(C(=O)N2CCC(C)C(O)C2)CC1N. The van der Waals surface area contributed by atoms with Crippen molar-refractivity contribution in [1.82, 2.24) is 4.90 Å². The van der Waals surface area contributed by atoms with Gasteiger partial charge in [-0.3, -0.25) is 4.79 Å². The number of aliphatic hydroxyl groups excluding tert-OH is 1. The normalized spacial score (nSPS) is 41.8. The monoisotopic (exact) mass is 254 g/mol. The fourth-order valence-corrected chi connectivity index (χ4v) is 3.09. The van der Waals surface area contributed by atoms with E-state index in [9.17, 15) is 9.90 Å². The van der Waals surface area contributed by atoms with Gasteiger partial charge in [-0.05, 0) is 37.5 Å². The van der Waals surface area contributed by atoms with Gasteiger partial charge in [0.25, 0.3) is 0 Å². The van der Waals surface area contributed by atoms with Crippen molar-refractivity contribution >= 4 is 5.91 Å². The van der Waals surface area contributed by atoms with Crippen LogP contribution in [0.15, 0.2) is 0 Å². The lowest BCUT2D eigenvalue weighted by atomic mass is 9.78. The van der Waals surface area contributed by atoms with Crippen LogP contribution in [0.1, 0.15) is 39.5 Å². The van der Waals surface area contributed by atoms with Crippen molar-refractivity contribution < 1.29 is 9.90 Å². The first-order valence-corrected chi connectivity index (χ1v) is 7.21. The van der Waals surface area contributed by atoms with Gasteiger partial charge in [0.2, 0.25) is 5.91 Å². The van der Waals surface area contributed by atoms with E-state index in [0.717, 1.165) is 32.2 Å². The number of piperidine rings is 1. The highest BCUT2D eigenvalue weighted by Gasteiger charge is 2.34. The van der Waals surface area contributed by atoms with Crippen LogP contribution in [0.2, 0.25) is 0 Å². The summed E-state index contributed by atoms with van der Waals surface area (Å²) in [6.07, 6.45) is 3.35. The molecule has 18 heavy (non-hydrogen) atoms. The Kier molecular flexibility index (Phi) is 4.28.